The first-order valence-corrected chi connectivity index (χ1v) is 6.36. The molecule has 0 radical (unpaired) electrons. The van der Waals surface area contributed by atoms with Crippen LogP contribution in [0, 0.1) is 10.1 Å². The van der Waals surface area contributed by atoms with Crippen molar-refractivity contribution in [3.05, 3.63) is 45.5 Å². The Kier molecular flexibility index (Phi) is 6.39. The van der Waals surface area contributed by atoms with E-state index in [0.29, 0.717) is 5.56 Å². The third kappa shape index (κ3) is 4.47. The number of carbonyl (C=O) groups excluding carboxylic acids is 1. The Labute approximate surface area is 117 Å². The largest absolute Gasteiger partial charge is 0.462 e. The van der Waals surface area contributed by atoms with Crippen molar-refractivity contribution in [1.29, 1.82) is 0 Å². The van der Waals surface area contributed by atoms with Crippen LogP contribution in [0.2, 0.25) is 0 Å². The van der Waals surface area contributed by atoms with Gasteiger partial charge in [0.05, 0.1) is 22.7 Å². The molecule has 0 aliphatic rings. The van der Waals surface area contributed by atoms with Gasteiger partial charge in [0.25, 0.3) is 5.69 Å². The maximum absolute atomic E-state index is 11.6. The minimum Gasteiger partial charge on any atom is -0.462 e. The molecule has 0 heterocycles. The number of rotatable bonds is 7. The normalized spacial score (nSPS) is 10.7. The van der Waals surface area contributed by atoms with Gasteiger partial charge < -0.3 is 10.1 Å². The Hall–Kier alpha value is -2.21. The second-order valence-corrected chi connectivity index (χ2v) is 4.05. The lowest BCUT2D eigenvalue weighted by molar-refractivity contribution is -0.385. The quantitative estimate of drug-likeness (QED) is 0.358. The Balaban J connectivity index is 2.99. The predicted octanol–water partition coefficient (Wildman–Crippen LogP) is 2.39. The molecule has 1 N–H and O–H groups in total. The SMILES string of the molecule is CCOC(=O)c1ccc(C=CCCNC)c([N+](=O)[O-])c1. The predicted molar refractivity (Wildman–Crippen MR) is 76.6 cm³/mol. The third-order valence-electron chi connectivity index (χ3n) is 2.60. The van der Waals surface area contributed by atoms with Crippen LogP contribution < -0.4 is 5.32 Å². The van der Waals surface area contributed by atoms with Crippen molar-refractivity contribution >= 4 is 17.7 Å². The number of nitro groups is 1. The van der Waals surface area contributed by atoms with Gasteiger partial charge in [0.2, 0.25) is 0 Å². The van der Waals surface area contributed by atoms with E-state index < -0.39 is 10.9 Å². The smallest absolute Gasteiger partial charge is 0.338 e. The molecular weight excluding hydrogens is 260 g/mol. The van der Waals surface area contributed by atoms with E-state index in [2.05, 4.69) is 5.32 Å². The van der Waals surface area contributed by atoms with Gasteiger partial charge in [-0.25, -0.2) is 4.79 Å². The first kappa shape index (κ1) is 15.8. The van der Waals surface area contributed by atoms with E-state index in [1.165, 1.54) is 12.1 Å². The summed E-state index contributed by atoms with van der Waals surface area (Å²) in [7, 11) is 1.84. The second kappa shape index (κ2) is 8.06. The van der Waals surface area contributed by atoms with Gasteiger partial charge in [-0.1, -0.05) is 12.2 Å². The minimum absolute atomic E-state index is 0.101. The van der Waals surface area contributed by atoms with E-state index >= 15 is 0 Å². The van der Waals surface area contributed by atoms with E-state index in [0.717, 1.165) is 13.0 Å². The van der Waals surface area contributed by atoms with Crippen LogP contribution in [0.25, 0.3) is 6.08 Å². The van der Waals surface area contributed by atoms with E-state index in [4.69, 9.17) is 4.74 Å². The molecule has 0 aromatic heterocycles. The van der Waals surface area contributed by atoms with Crippen LogP contribution >= 0.6 is 0 Å². The number of benzene rings is 1. The summed E-state index contributed by atoms with van der Waals surface area (Å²) < 4.78 is 4.83. The third-order valence-corrected chi connectivity index (χ3v) is 2.60. The summed E-state index contributed by atoms with van der Waals surface area (Å²) in [6.45, 7) is 2.72. The van der Waals surface area contributed by atoms with Crippen molar-refractivity contribution in [3.8, 4) is 0 Å². The number of hydrogen-bond donors (Lipinski definition) is 1. The van der Waals surface area contributed by atoms with Crippen LogP contribution in [0.3, 0.4) is 0 Å². The summed E-state index contributed by atoms with van der Waals surface area (Å²) in [5, 5.41) is 14.0. The van der Waals surface area contributed by atoms with E-state index in [1.807, 2.05) is 13.1 Å². The van der Waals surface area contributed by atoms with Gasteiger partial charge in [0, 0.05) is 6.07 Å². The van der Waals surface area contributed by atoms with Gasteiger partial charge in [-0.2, -0.15) is 0 Å². The number of nitrogens with one attached hydrogen (secondary N) is 1. The molecule has 108 valence electrons. The van der Waals surface area contributed by atoms with Gasteiger partial charge in [-0.05, 0) is 39.1 Å². The molecule has 0 atom stereocenters. The fourth-order valence-electron chi connectivity index (χ4n) is 1.62. The zero-order valence-electron chi connectivity index (χ0n) is 11.6. The Morgan fingerprint density at radius 3 is 2.85 bits per heavy atom. The Bertz CT molecular complexity index is 512. The summed E-state index contributed by atoms with van der Waals surface area (Å²) in [6.07, 6.45) is 4.31. The molecule has 0 aliphatic heterocycles. The van der Waals surface area contributed by atoms with Crippen molar-refractivity contribution in [1.82, 2.24) is 5.32 Å². The van der Waals surface area contributed by atoms with E-state index in [9.17, 15) is 14.9 Å². The summed E-state index contributed by atoms with van der Waals surface area (Å²) in [5.74, 6) is -0.554. The summed E-state index contributed by atoms with van der Waals surface area (Å²) in [4.78, 5) is 22.1. The molecule has 6 nitrogen and oxygen atoms in total. The zero-order valence-corrected chi connectivity index (χ0v) is 11.6. The number of ether oxygens (including phenoxy) is 1. The molecule has 0 spiro atoms. The molecule has 0 aliphatic carbocycles. The lowest BCUT2D eigenvalue weighted by Gasteiger charge is -2.03. The lowest BCUT2D eigenvalue weighted by atomic mass is 10.1. The second-order valence-electron chi connectivity index (χ2n) is 4.05. The molecule has 6 heteroatoms. The molecule has 0 fully saturated rings. The van der Waals surface area contributed by atoms with Crippen molar-refractivity contribution in [3.63, 3.8) is 0 Å². The fourth-order valence-corrected chi connectivity index (χ4v) is 1.62. The highest BCUT2D eigenvalue weighted by atomic mass is 16.6. The van der Waals surface area contributed by atoms with Crippen molar-refractivity contribution < 1.29 is 14.5 Å². The van der Waals surface area contributed by atoms with Crippen molar-refractivity contribution in [2.75, 3.05) is 20.2 Å². The molecule has 1 aromatic rings. The molecule has 0 unspecified atom stereocenters. The van der Waals surface area contributed by atoms with Crippen LogP contribution in [0.4, 0.5) is 5.69 Å². The van der Waals surface area contributed by atoms with Crippen molar-refractivity contribution in [2.24, 2.45) is 0 Å². The monoisotopic (exact) mass is 278 g/mol. The number of hydrogen-bond acceptors (Lipinski definition) is 5. The van der Waals surface area contributed by atoms with Crippen LogP contribution in [0.1, 0.15) is 29.3 Å². The van der Waals surface area contributed by atoms with Gasteiger partial charge >= 0.3 is 5.97 Å². The Morgan fingerprint density at radius 1 is 1.50 bits per heavy atom. The molecule has 1 aromatic carbocycles. The summed E-state index contributed by atoms with van der Waals surface area (Å²) in [5.41, 5.74) is 0.557. The van der Waals surface area contributed by atoms with Crippen LogP contribution in [-0.4, -0.2) is 31.1 Å². The van der Waals surface area contributed by atoms with Crippen molar-refractivity contribution in [2.45, 2.75) is 13.3 Å². The van der Waals surface area contributed by atoms with E-state index in [-0.39, 0.29) is 17.9 Å². The highest BCUT2D eigenvalue weighted by Gasteiger charge is 2.16. The highest BCUT2D eigenvalue weighted by molar-refractivity contribution is 5.90. The maximum Gasteiger partial charge on any atom is 0.338 e. The van der Waals surface area contributed by atoms with Crippen LogP contribution in [0.15, 0.2) is 24.3 Å². The van der Waals surface area contributed by atoms with E-state index in [1.54, 1.807) is 19.1 Å². The molecule has 0 saturated carbocycles. The first-order valence-electron chi connectivity index (χ1n) is 6.36. The number of esters is 1. The van der Waals surface area contributed by atoms with Gasteiger partial charge in [-0.15, -0.1) is 0 Å². The summed E-state index contributed by atoms with van der Waals surface area (Å²) >= 11 is 0. The average molecular weight is 278 g/mol. The molecular formula is C14H18N2O4. The zero-order chi connectivity index (χ0) is 15.0. The highest BCUT2D eigenvalue weighted by Crippen LogP contribution is 2.22. The molecule has 1 rings (SSSR count). The average Bonchev–Trinajstić information content (AvgIpc) is 2.43. The number of nitrogens with zero attached hydrogens (tertiary/aromatic N) is 1. The number of nitro benzene ring substituents is 1. The molecule has 0 bridgehead atoms. The lowest BCUT2D eigenvalue weighted by Crippen LogP contribution is -2.06. The summed E-state index contributed by atoms with van der Waals surface area (Å²) in [6, 6.07) is 4.33. The topological polar surface area (TPSA) is 81.5 Å². The molecule has 0 amide bonds. The van der Waals surface area contributed by atoms with Crippen LogP contribution in [0.5, 0.6) is 0 Å². The molecule has 20 heavy (non-hydrogen) atoms. The molecule has 0 saturated heterocycles. The fraction of sp³-hybridized carbons (Fsp3) is 0.357. The van der Waals surface area contributed by atoms with Gasteiger partial charge in [-0.3, -0.25) is 10.1 Å². The standard InChI is InChI=1S/C14H18N2O4/c1-3-20-14(17)12-8-7-11(6-4-5-9-15-2)13(10-12)16(18)19/h4,6-8,10,15H,3,5,9H2,1-2H3. The van der Waals surface area contributed by atoms with Gasteiger partial charge in [0.1, 0.15) is 0 Å². The maximum atomic E-state index is 11.6. The Morgan fingerprint density at radius 2 is 2.25 bits per heavy atom. The number of carbonyl (C=O) groups is 1. The van der Waals surface area contributed by atoms with Crippen LogP contribution in [-0.2, 0) is 4.74 Å². The first-order chi connectivity index (χ1) is 9.60. The van der Waals surface area contributed by atoms with Gasteiger partial charge in [0.15, 0.2) is 0 Å². The minimum atomic E-state index is -0.554.